The van der Waals surface area contributed by atoms with Crippen LogP contribution in [0.2, 0.25) is 0 Å². The van der Waals surface area contributed by atoms with E-state index in [9.17, 15) is 8.42 Å². The lowest BCUT2D eigenvalue weighted by atomic mass is 10.4. The van der Waals surface area contributed by atoms with Crippen LogP contribution < -0.4 is 4.72 Å². The third kappa shape index (κ3) is 2.33. The van der Waals surface area contributed by atoms with Gasteiger partial charge in [-0.15, -0.1) is 0 Å². The molecule has 0 aliphatic rings. The number of hydrogen-bond donors (Lipinski definition) is 1. The number of aromatic nitrogens is 2. The van der Waals surface area contributed by atoms with Crippen LogP contribution in [0.5, 0.6) is 0 Å². The summed E-state index contributed by atoms with van der Waals surface area (Å²) < 4.78 is 27.7. The van der Waals surface area contributed by atoms with E-state index in [2.05, 4.69) is 9.82 Å². The molecule has 0 fully saturated rings. The molecular weight excluding hydrogens is 252 g/mol. The largest absolute Gasteiger partial charge is 0.272 e. The topological polar surface area (TPSA) is 87.8 Å². The highest BCUT2D eigenvalue weighted by atomic mass is 32.2. The van der Waals surface area contributed by atoms with Crippen LogP contribution >= 0.6 is 0 Å². The Kier molecular flexibility index (Phi) is 3.04. The number of nitrogens with one attached hydrogen (secondary N) is 1. The zero-order chi connectivity index (χ0) is 13.2. The Labute approximate surface area is 105 Å². The third-order valence-corrected chi connectivity index (χ3v) is 3.59. The van der Waals surface area contributed by atoms with Gasteiger partial charge in [-0.3, -0.25) is 9.40 Å². The minimum absolute atomic E-state index is 0.0313. The van der Waals surface area contributed by atoms with E-state index in [0.29, 0.717) is 0 Å². The first kappa shape index (κ1) is 12.1. The van der Waals surface area contributed by atoms with Gasteiger partial charge in [-0.25, -0.2) is 8.42 Å². The molecule has 0 aliphatic carbocycles. The van der Waals surface area contributed by atoms with Gasteiger partial charge in [0.2, 0.25) is 0 Å². The Morgan fingerprint density at radius 3 is 2.61 bits per heavy atom. The maximum atomic E-state index is 12.0. The first-order chi connectivity index (χ1) is 8.53. The molecule has 0 amide bonds. The van der Waals surface area contributed by atoms with E-state index < -0.39 is 10.0 Å². The van der Waals surface area contributed by atoms with E-state index in [4.69, 9.17) is 5.26 Å². The molecule has 1 N–H and O–H groups in total. The van der Waals surface area contributed by atoms with Crippen molar-refractivity contribution < 1.29 is 8.42 Å². The minimum atomic E-state index is -3.71. The quantitative estimate of drug-likeness (QED) is 0.896. The molecule has 0 radical (unpaired) electrons. The lowest BCUT2D eigenvalue weighted by molar-refractivity contribution is 0.601. The molecule has 18 heavy (non-hydrogen) atoms. The number of hydrogen-bond acceptors (Lipinski definition) is 4. The highest BCUT2D eigenvalue weighted by Crippen LogP contribution is 2.17. The van der Waals surface area contributed by atoms with Gasteiger partial charge in [-0.1, -0.05) is 18.2 Å². The lowest BCUT2D eigenvalue weighted by Crippen LogP contribution is -2.14. The summed E-state index contributed by atoms with van der Waals surface area (Å²) in [4.78, 5) is 0.125. The highest BCUT2D eigenvalue weighted by Gasteiger charge is 2.17. The molecule has 0 unspecified atom stereocenters. The summed E-state index contributed by atoms with van der Waals surface area (Å²) in [6.07, 6.45) is 1.45. The van der Waals surface area contributed by atoms with Gasteiger partial charge >= 0.3 is 0 Å². The fraction of sp³-hybridized carbons (Fsp3) is 0.0909. The van der Waals surface area contributed by atoms with Crippen molar-refractivity contribution in [2.45, 2.75) is 4.90 Å². The highest BCUT2D eigenvalue weighted by molar-refractivity contribution is 7.92. The minimum Gasteiger partial charge on any atom is -0.272 e. The maximum absolute atomic E-state index is 12.0. The standard InChI is InChI=1S/C11H10N4O2S/c1-15-8-9(7-12)11(13-15)14-18(16,17)10-5-3-2-4-6-10/h2-6,8H,1H3,(H,13,14). The average molecular weight is 262 g/mol. The molecule has 1 aromatic carbocycles. The normalized spacial score (nSPS) is 10.9. The molecule has 0 atom stereocenters. The Morgan fingerprint density at radius 2 is 2.00 bits per heavy atom. The Balaban J connectivity index is 2.37. The van der Waals surface area contributed by atoms with Crippen molar-refractivity contribution in [2.24, 2.45) is 7.05 Å². The molecule has 2 aromatic rings. The van der Waals surface area contributed by atoms with Crippen LogP contribution in [0.3, 0.4) is 0 Å². The maximum Gasteiger partial charge on any atom is 0.263 e. The number of nitrogens with zero attached hydrogens (tertiary/aromatic N) is 3. The summed E-state index contributed by atoms with van der Waals surface area (Å²) in [5.74, 6) is 0.0313. The van der Waals surface area contributed by atoms with Crippen molar-refractivity contribution in [1.82, 2.24) is 9.78 Å². The summed E-state index contributed by atoms with van der Waals surface area (Å²) >= 11 is 0. The second kappa shape index (κ2) is 4.50. The molecule has 0 bridgehead atoms. The molecule has 0 saturated carbocycles. The molecule has 0 aliphatic heterocycles. The van der Waals surface area contributed by atoms with Gasteiger partial charge in [0.25, 0.3) is 10.0 Å². The van der Waals surface area contributed by atoms with Gasteiger partial charge in [0, 0.05) is 13.2 Å². The Bertz CT molecular complexity index is 698. The van der Waals surface area contributed by atoms with E-state index >= 15 is 0 Å². The van der Waals surface area contributed by atoms with Crippen LogP contribution in [-0.2, 0) is 17.1 Å². The molecular formula is C11H10N4O2S. The summed E-state index contributed by atoms with van der Waals surface area (Å²) in [6.45, 7) is 0. The average Bonchev–Trinajstić information content (AvgIpc) is 2.70. The Hall–Kier alpha value is -2.33. The predicted octanol–water partition coefficient (Wildman–Crippen LogP) is 1.09. The molecule has 7 heteroatoms. The van der Waals surface area contributed by atoms with Gasteiger partial charge in [-0.05, 0) is 12.1 Å². The van der Waals surface area contributed by atoms with Crippen LogP contribution in [0.4, 0.5) is 5.82 Å². The molecule has 92 valence electrons. The first-order valence-electron chi connectivity index (χ1n) is 5.04. The van der Waals surface area contributed by atoms with E-state index in [-0.39, 0.29) is 16.3 Å². The summed E-state index contributed by atoms with van der Waals surface area (Å²) in [7, 11) is -2.10. The zero-order valence-electron chi connectivity index (χ0n) is 9.53. The van der Waals surface area contributed by atoms with E-state index in [1.54, 1.807) is 25.2 Å². The number of rotatable bonds is 3. The Morgan fingerprint density at radius 1 is 1.33 bits per heavy atom. The molecule has 1 aromatic heterocycles. The van der Waals surface area contributed by atoms with Gasteiger partial charge in [-0.2, -0.15) is 10.4 Å². The fourth-order valence-electron chi connectivity index (χ4n) is 1.43. The number of benzene rings is 1. The second-order valence-corrected chi connectivity index (χ2v) is 5.28. The van der Waals surface area contributed by atoms with Crippen molar-refractivity contribution in [3.63, 3.8) is 0 Å². The van der Waals surface area contributed by atoms with Gasteiger partial charge in [0.05, 0.1) is 4.90 Å². The van der Waals surface area contributed by atoms with Gasteiger partial charge in [0.1, 0.15) is 11.6 Å². The van der Waals surface area contributed by atoms with Crippen LogP contribution in [0.15, 0.2) is 41.4 Å². The van der Waals surface area contributed by atoms with Gasteiger partial charge < -0.3 is 0 Å². The number of nitriles is 1. The van der Waals surface area contributed by atoms with Crippen LogP contribution in [0.1, 0.15) is 5.56 Å². The molecule has 2 rings (SSSR count). The SMILES string of the molecule is Cn1cc(C#N)c(NS(=O)(=O)c2ccccc2)n1. The summed E-state index contributed by atoms with van der Waals surface area (Å²) in [6, 6.07) is 9.79. The molecule has 0 spiro atoms. The number of sulfonamides is 1. The van der Waals surface area contributed by atoms with Crippen molar-refractivity contribution in [3.05, 3.63) is 42.1 Å². The first-order valence-corrected chi connectivity index (χ1v) is 6.53. The molecule has 6 nitrogen and oxygen atoms in total. The second-order valence-electron chi connectivity index (χ2n) is 3.60. The van der Waals surface area contributed by atoms with Crippen LogP contribution in [0, 0.1) is 11.3 Å². The summed E-state index contributed by atoms with van der Waals surface area (Å²) in [5, 5.41) is 12.8. The monoisotopic (exact) mass is 262 g/mol. The summed E-state index contributed by atoms with van der Waals surface area (Å²) in [5.41, 5.74) is 0.178. The predicted molar refractivity (Wildman–Crippen MR) is 65.2 cm³/mol. The van der Waals surface area contributed by atoms with Crippen molar-refractivity contribution in [2.75, 3.05) is 4.72 Å². The van der Waals surface area contributed by atoms with E-state index in [1.165, 1.54) is 23.0 Å². The molecule has 0 saturated heterocycles. The van der Waals surface area contributed by atoms with Crippen LogP contribution in [-0.4, -0.2) is 18.2 Å². The zero-order valence-corrected chi connectivity index (χ0v) is 10.3. The van der Waals surface area contributed by atoms with Crippen molar-refractivity contribution in [1.29, 1.82) is 5.26 Å². The van der Waals surface area contributed by atoms with E-state index in [1.807, 2.05) is 6.07 Å². The number of anilines is 1. The van der Waals surface area contributed by atoms with Crippen molar-refractivity contribution in [3.8, 4) is 6.07 Å². The van der Waals surface area contributed by atoms with Gasteiger partial charge in [0.15, 0.2) is 5.82 Å². The fourth-order valence-corrected chi connectivity index (χ4v) is 2.47. The van der Waals surface area contributed by atoms with Crippen LogP contribution in [0.25, 0.3) is 0 Å². The lowest BCUT2D eigenvalue weighted by Gasteiger charge is -2.05. The van der Waals surface area contributed by atoms with E-state index in [0.717, 1.165) is 0 Å². The molecule has 1 heterocycles. The third-order valence-electron chi connectivity index (χ3n) is 2.23. The number of aryl methyl sites for hydroxylation is 1. The van der Waals surface area contributed by atoms with Crippen molar-refractivity contribution >= 4 is 15.8 Å². The smallest absolute Gasteiger partial charge is 0.263 e.